The smallest absolute Gasteiger partial charge is 0.283 e. The number of rotatable bonds is 4. The Morgan fingerprint density at radius 3 is 3.09 bits per heavy atom. The molecule has 1 aliphatic rings. The molecule has 4 rings (SSSR count). The second-order valence-electron chi connectivity index (χ2n) is 5.81. The van der Waals surface area contributed by atoms with E-state index in [1.807, 2.05) is 24.6 Å². The number of nitrogens with one attached hydrogen (secondary N) is 1. The summed E-state index contributed by atoms with van der Waals surface area (Å²) in [4.78, 5) is 4.42. The number of aromatic nitrogens is 5. The molecule has 0 fully saturated rings. The number of fused-ring (bicyclic) bond motifs is 1. The predicted molar refractivity (Wildman–Crippen MR) is 80.4 cm³/mol. The minimum atomic E-state index is 0.323. The molecule has 1 aliphatic heterocycles. The number of hydrogen-bond donors (Lipinski definition) is 1. The summed E-state index contributed by atoms with van der Waals surface area (Å²) in [5.41, 5.74) is 0.981. The van der Waals surface area contributed by atoms with Crippen molar-refractivity contribution in [1.82, 2.24) is 30.3 Å². The van der Waals surface area contributed by atoms with E-state index in [-0.39, 0.29) is 0 Å². The summed E-state index contributed by atoms with van der Waals surface area (Å²) >= 11 is 0. The maximum absolute atomic E-state index is 5.66. The molecule has 0 aromatic carbocycles. The maximum Gasteiger partial charge on any atom is 0.283 e. The summed E-state index contributed by atoms with van der Waals surface area (Å²) in [5, 5.41) is 16.0. The standard InChI is InChI=1S/C15H18N6O2/c1-9-5-6-22-14(9)15-19-18-13(23-15)7-16-11-3-4-12-17-10(2)20-21(12)8-11/h5-6,11,16H,3-4,7-8H2,1-2H3/t11-/m1/s1. The average molecular weight is 314 g/mol. The molecule has 8 nitrogen and oxygen atoms in total. The van der Waals surface area contributed by atoms with E-state index in [2.05, 4.69) is 25.6 Å². The summed E-state index contributed by atoms with van der Waals surface area (Å²) < 4.78 is 13.0. The molecule has 4 heterocycles. The van der Waals surface area contributed by atoms with Crippen LogP contribution in [0.5, 0.6) is 0 Å². The Balaban J connectivity index is 1.39. The van der Waals surface area contributed by atoms with Crippen molar-refractivity contribution >= 4 is 0 Å². The molecule has 0 aliphatic carbocycles. The van der Waals surface area contributed by atoms with Crippen LogP contribution in [0.2, 0.25) is 0 Å². The van der Waals surface area contributed by atoms with Gasteiger partial charge in [0.25, 0.3) is 5.89 Å². The Labute approximate surface area is 132 Å². The molecule has 0 saturated carbocycles. The van der Waals surface area contributed by atoms with E-state index in [1.54, 1.807) is 6.26 Å². The summed E-state index contributed by atoms with van der Waals surface area (Å²) in [7, 11) is 0. The lowest BCUT2D eigenvalue weighted by Crippen LogP contribution is -2.37. The fourth-order valence-electron chi connectivity index (χ4n) is 2.84. The zero-order valence-electron chi connectivity index (χ0n) is 13.1. The van der Waals surface area contributed by atoms with Gasteiger partial charge < -0.3 is 14.2 Å². The lowest BCUT2D eigenvalue weighted by atomic mass is 10.1. The number of hydrogen-bond acceptors (Lipinski definition) is 7. The van der Waals surface area contributed by atoms with E-state index in [9.17, 15) is 0 Å². The van der Waals surface area contributed by atoms with Crippen molar-refractivity contribution in [3.05, 3.63) is 35.4 Å². The highest BCUT2D eigenvalue weighted by molar-refractivity contribution is 5.49. The van der Waals surface area contributed by atoms with Gasteiger partial charge in [0.1, 0.15) is 11.6 Å². The first-order valence-electron chi connectivity index (χ1n) is 7.69. The SMILES string of the molecule is Cc1nc2n(n1)C[C@H](NCc1nnc(-c3occc3C)o1)CC2. The number of aryl methyl sites for hydroxylation is 3. The van der Waals surface area contributed by atoms with Crippen LogP contribution in [0.15, 0.2) is 21.2 Å². The normalized spacial score (nSPS) is 17.4. The molecule has 0 spiro atoms. The molecular formula is C15H18N6O2. The van der Waals surface area contributed by atoms with Gasteiger partial charge in [0.15, 0.2) is 5.76 Å². The van der Waals surface area contributed by atoms with Crippen molar-refractivity contribution in [3.8, 4) is 11.7 Å². The molecule has 3 aromatic heterocycles. The second kappa shape index (κ2) is 5.62. The summed E-state index contributed by atoms with van der Waals surface area (Å²) in [6, 6.07) is 2.20. The van der Waals surface area contributed by atoms with E-state index in [1.165, 1.54) is 0 Å². The van der Waals surface area contributed by atoms with E-state index >= 15 is 0 Å². The highest BCUT2D eigenvalue weighted by Crippen LogP contribution is 2.22. The van der Waals surface area contributed by atoms with Crippen LogP contribution in [0, 0.1) is 13.8 Å². The Hall–Kier alpha value is -2.48. The van der Waals surface area contributed by atoms with Crippen LogP contribution < -0.4 is 5.32 Å². The van der Waals surface area contributed by atoms with Crippen molar-refractivity contribution in [1.29, 1.82) is 0 Å². The van der Waals surface area contributed by atoms with Crippen molar-refractivity contribution in [2.75, 3.05) is 0 Å². The zero-order chi connectivity index (χ0) is 15.8. The quantitative estimate of drug-likeness (QED) is 0.782. The van der Waals surface area contributed by atoms with Gasteiger partial charge in [0.2, 0.25) is 5.89 Å². The van der Waals surface area contributed by atoms with Crippen LogP contribution in [0.3, 0.4) is 0 Å². The van der Waals surface area contributed by atoms with Crippen molar-refractivity contribution in [3.63, 3.8) is 0 Å². The number of furan rings is 1. The molecule has 0 bridgehead atoms. The minimum Gasteiger partial charge on any atom is -0.459 e. The van der Waals surface area contributed by atoms with Crippen molar-refractivity contribution in [2.24, 2.45) is 0 Å². The third-order valence-corrected chi connectivity index (χ3v) is 4.03. The summed E-state index contributed by atoms with van der Waals surface area (Å²) in [6.07, 6.45) is 3.57. The Morgan fingerprint density at radius 2 is 2.26 bits per heavy atom. The lowest BCUT2D eigenvalue weighted by molar-refractivity contribution is 0.341. The van der Waals surface area contributed by atoms with Crippen LogP contribution >= 0.6 is 0 Å². The Kier molecular flexibility index (Phi) is 3.45. The first-order valence-corrected chi connectivity index (χ1v) is 7.69. The fraction of sp³-hybridized carbons (Fsp3) is 0.467. The largest absolute Gasteiger partial charge is 0.459 e. The van der Waals surface area contributed by atoms with Gasteiger partial charge >= 0.3 is 0 Å². The molecule has 0 amide bonds. The maximum atomic E-state index is 5.66. The van der Waals surface area contributed by atoms with Gasteiger partial charge in [-0.1, -0.05) is 0 Å². The summed E-state index contributed by atoms with van der Waals surface area (Å²) in [6.45, 7) is 5.21. The molecule has 0 unspecified atom stereocenters. The molecule has 1 N–H and O–H groups in total. The molecule has 3 aromatic rings. The van der Waals surface area contributed by atoms with Gasteiger partial charge in [-0.3, -0.25) is 0 Å². The lowest BCUT2D eigenvalue weighted by Gasteiger charge is -2.22. The van der Waals surface area contributed by atoms with Gasteiger partial charge in [-0.25, -0.2) is 9.67 Å². The molecule has 1 atom stereocenters. The van der Waals surface area contributed by atoms with Gasteiger partial charge in [0, 0.05) is 18.0 Å². The Bertz CT molecular complexity index is 818. The first-order chi connectivity index (χ1) is 11.2. The molecule has 8 heteroatoms. The van der Waals surface area contributed by atoms with E-state index in [4.69, 9.17) is 8.83 Å². The predicted octanol–water partition coefficient (Wildman–Crippen LogP) is 1.64. The molecule has 120 valence electrons. The zero-order valence-corrected chi connectivity index (χ0v) is 13.1. The highest BCUT2D eigenvalue weighted by Gasteiger charge is 2.21. The van der Waals surface area contributed by atoms with Gasteiger partial charge in [-0.2, -0.15) is 5.10 Å². The van der Waals surface area contributed by atoms with Crippen LogP contribution in [-0.2, 0) is 19.5 Å². The van der Waals surface area contributed by atoms with Gasteiger partial charge in [-0.15, -0.1) is 10.2 Å². The van der Waals surface area contributed by atoms with E-state index in [0.29, 0.717) is 30.1 Å². The third kappa shape index (κ3) is 2.77. The Morgan fingerprint density at radius 1 is 1.35 bits per heavy atom. The molecule has 0 saturated heterocycles. The second-order valence-corrected chi connectivity index (χ2v) is 5.81. The number of nitrogens with zero attached hydrogens (tertiary/aromatic N) is 5. The first kappa shape index (κ1) is 14.1. The highest BCUT2D eigenvalue weighted by atomic mass is 16.4. The van der Waals surface area contributed by atoms with E-state index < -0.39 is 0 Å². The molecule has 23 heavy (non-hydrogen) atoms. The topological polar surface area (TPSA) is 94.8 Å². The fourth-order valence-corrected chi connectivity index (χ4v) is 2.84. The van der Waals surface area contributed by atoms with E-state index in [0.717, 1.165) is 36.6 Å². The summed E-state index contributed by atoms with van der Waals surface area (Å²) in [5.74, 6) is 3.49. The molecule has 0 radical (unpaired) electrons. The van der Waals surface area contributed by atoms with Gasteiger partial charge in [-0.05, 0) is 26.3 Å². The third-order valence-electron chi connectivity index (χ3n) is 4.03. The van der Waals surface area contributed by atoms with Gasteiger partial charge in [0.05, 0.1) is 19.4 Å². The monoisotopic (exact) mass is 314 g/mol. The van der Waals surface area contributed by atoms with Crippen molar-refractivity contribution in [2.45, 2.75) is 45.8 Å². The van der Waals surface area contributed by atoms with Crippen LogP contribution in [-0.4, -0.2) is 31.0 Å². The molecular weight excluding hydrogens is 296 g/mol. The minimum absolute atomic E-state index is 0.323. The van der Waals surface area contributed by atoms with Crippen LogP contribution in [0.1, 0.15) is 29.5 Å². The average Bonchev–Trinajstić information content (AvgIpc) is 3.23. The van der Waals surface area contributed by atoms with Crippen LogP contribution in [0.4, 0.5) is 0 Å². The van der Waals surface area contributed by atoms with Crippen LogP contribution in [0.25, 0.3) is 11.7 Å². The van der Waals surface area contributed by atoms with Crippen molar-refractivity contribution < 1.29 is 8.83 Å².